The number of benzene rings is 1. The van der Waals surface area contributed by atoms with Crippen molar-refractivity contribution in [2.24, 2.45) is 5.92 Å². The van der Waals surface area contributed by atoms with Gasteiger partial charge in [0.05, 0.1) is 13.2 Å². The van der Waals surface area contributed by atoms with Crippen molar-refractivity contribution in [2.75, 3.05) is 32.8 Å². The van der Waals surface area contributed by atoms with Gasteiger partial charge in [-0.25, -0.2) is 0 Å². The third-order valence-corrected chi connectivity index (χ3v) is 5.85. The van der Waals surface area contributed by atoms with Crippen LogP contribution in [0.3, 0.4) is 0 Å². The zero-order valence-corrected chi connectivity index (χ0v) is 16.8. The lowest BCUT2D eigenvalue weighted by molar-refractivity contribution is 0.0924. The molecule has 27 heavy (non-hydrogen) atoms. The SMILES string of the molecule is CCOc1ccc(C(=O)NCC2CCN(C3CCCC3)CC2)cc1OCC. The van der Waals surface area contributed by atoms with Crippen molar-refractivity contribution in [3.05, 3.63) is 23.8 Å². The third-order valence-electron chi connectivity index (χ3n) is 5.85. The van der Waals surface area contributed by atoms with Crippen LogP contribution in [-0.2, 0) is 0 Å². The van der Waals surface area contributed by atoms with Gasteiger partial charge in [-0.2, -0.15) is 0 Å². The van der Waals surface area contributed by atoms with Crippen LogP contribution in [0, 0.1) is 5.92 Å². The topological polar surface area (TPSA) is 50.8 Å². The number of amides is 1. The molecule has 0 aromatic heterocycles. The van der Waals surface area contributed by atoms with Gasteiger partial charge in [0.15, 0.2) is 11.5 Å². The summed E-state index contributed by atoms with van der Waals surface area (Å²) in [4.78, 5) is 15.2. The van der Waals surface area contributed by atoms with Gasteiger partial charge in [-0.15, -0.1) is 0 Å². The molecule has 0 atom stereocenters. The molecule has 1 amide bonds. The first-order chi connectivity index (χ1) is 13.2. The molecular weight excluding hydrogens is 340 g/mol. The molecule has 5 heteroatoms. The second-order valence-electron chi connectivity index (χ2n) is 7.66. The predicted octanol–water partition coefficient (Wildman–Crippen LogP) is 3.87. The second kappa shape index (κ2) is 9.98. The number of piperidine rings is 1. The smallest absolute Gasteiger partial charge is 0.251 e. The van der Waals surface area contributed by atoms with Crippen molar-refractivity contribution in [1.29, 1.82) is 0 Å². The molecular formula is C22H34N2O3. The van der Waals surface area contributed by atoms with Gasteiger partial charge in [0.1, 0.15) is 0 Å². The fourth-order valence-electron chi connectivity index (χ4n) is 4.32. The number of hydrogen-bond donors (Lipinski definition) is 1. The first-order valence-corrected chi connectivity index (χ1v) is 10.6. The lowest BCUT2D eigenvalue weighted by Crippen LogP contribution is -2.42. The summed E-state index contributed by atoms with van der Waals surface area (Å²) in [6, 6.07) is 6.24. The van der Waals surface area contributed by atoms with Crippen LogP contribution in [0.25, 0.3) is 0 Å². The summed E-state index contributed by atoms with van der Waals surface area (Å²) in [5, 5.41) is 3.12. The minimum atomic E-state index is -0.0303. The number of hydrogen-bond acceptors (Lipinski definition) is 4. The Balaban J connectivity index is 1.48. The minimum absolute atomic E-state index is 0.0303. The Kier molecular flexibility index (Phi) is 7.39. The Bertz CT molecular complexity index is 606. The maximum atomic E-state index is 12.6. The van der Waals surface area contributed by atoms with Crippen LogP contribution in [-0.4, -0.2) is 49.7 Å². The number of carbonyl (C=O) groups is 1. The fraction of sp³-hybridized carbons (Fsp3) is 0.682. The van der Waals surface area contributed by atoms with E-state index in [0.717, 1.165) is 12.6 Å². The largest absolute Gasteiger partial charge is 0.490 e. The van der Waals surface area contributed by atoms with Gasteiger partial charge < -0.3 is 19.7 Å². The predicted molar refractivity (Wildman–Crippen MR) is 108 cm³/mol. The molecule has 1 aliphatic carbocycles. The van der Waals surface area contributed by atoms with E-state index in [2.05, 4.69) is 10.2 Å². The maximum absolute atomic E-state index is 12.6. The van der Waals surface area contributed by atoms with Gasteiger partial charge in [-0.3, -0.25) is 4.79 Å². The Morgan fingerprint density at radius 3 is 2.37 bits per heavy atom. The average Bonchev–Trinajstić information content (AvgIpc) is 3.23. The Morgan fingerprint density at radius 1 is 1.04 bits per heavy atom. The summed E-state index contributed by atoms with van der Waals surface area (Å²) >= 11 is 0. The first-order valence-electron chi connectivity index (χ1n) is 10.6. The Morgan fingerprint density at radius 2 is 1.70 bits per heavy atom. The quantitative estimate of drug-likeness (QED) is 0.750. The molecule has 0 bridgehead atoms. The van der Waals surface area contributed by atoms with Crippen LogP contribution < -0.4 is 14.8 Å². The summed E-state index contributed by atoms with van der Waals surface area (Å²) < 4.78 is 11.2. The van der Waals surface area contributed by atoms with Crippen molar-refractivity contribution in [2.45, 2.75) is 58.4 Å². The number of nitrogens with zero attached hydrogens (tertiary/aromatic N) is 1. The highest BCUT2D eigenvalue weighted by Gasteiger charge is 2.27. The van der Waals surface area contributed by atoms with Gasteiger partial charge in [0.25, 0.3) is 5.91 Å². The van der Waals surface area contributed by atoms with E-state index in [9.17, 15) is 4.79 Å². The van der Waals surface area contributed by atoms with Crippen molar-refractivity contribution < 1.29 is 14.3 Å². The molecule has 0 unspecified atom stereocenters. The van der Waals surface area contributed by atoms with Crippen molar-refractivity contribution >= 4 is 5.91 Å². The third kappa shape index (κ3) is 5.38. The van der Waals surface area contributed by atoms with Crippen molar-refractivity contribution in [3.63, 3.8) is 0 Å². The molecule has 1 aromatic carbocycles. The number of nitrogens with one attached hydrogen (secondary N) is 1. The molecule has 1 saturated heterocycles. The summed E-state index contributed by atoms with van der Waals surface area (Å²) in [5.41, 5.74) is 0.630. The summed E-state index contributed by atoms with van der Waals surface area (Å²) in [6.45, 7) is 8.12. The molecule has 1 N–H and O–H groups in total. The van der Waals surface area contributed by atoms with Gasteiger partial charge in [-0.1, -0.05) is 12.8 Å². The van der Waals surface area contributed by atoms with Crippen LogP contribution in [0.5, 0.6) is 11.5 Å². The molecule has 150 valence electrons. The van der Waals surface area contributed by atoms with Crippen LogP contribution in [0.2, 0.25) is 0 Å². The molecule has 2 fully saturated rings. The Labute approximate surface area is 163 Å². The molecule has 2 aliphatic rings. The zero-order valence-electron chi connectivity index (χ0n) is 16.8. The van der Waals surface area contributed by atoms with E-state index < -0.39 is 0 Å². The van der Waals surface area contributed by atoms with E-state index in [0.29, 0.717) is 36.2 Å². The molecule has 0 spiro atoms. The highest BCUT2D eigenvalue weighted by Crippen LogP contribution is 2.29. The maximum Gasteiger partial charge on any atom is 0.251 e. The summed E-state index contributed by atoms with van der Waals surface area (Å²) in [7, 11) is 0. The van der Waals surface area contributed by atoms with E-state index in [-0.39, 0.29) is 5.91 Å². The number of rotatable bonds is 8. The highest BCUT2D eigenvalue weighted by atomic mass is 16.5. The van der Waals surface area contributed by atoms with Gasteiger partial charge in [0.2, 0.25) is 0 Å². The molecule has 1 heterocycles. The monoisotopic (exact) mass is 374 g/mol. The van der Waals surface area contributed by atoms with Gasteiger partial charge in [0, 0.05) is 18.2 Å². The number of likely N-dealkylation sites (tertiary alicyclic amines) is 1. The Hall–Kier alpha value is -1.75. The minimum Gasteiger partial charge on any atom is -0.490 e. The van der Waals surface area contributed by atoms with E-state index in [1.54, 1.807) is 6.07 Å². The lowest BCUT2D eigenvalue weighted by atomic mass is 9.95. The van der Waals surface area contributed by atoms with E-state index in [4.69, 9.17) is 9.47 Å². The van der Waals surface area contributed by atoms with Crippen LogP contribution >= 0.6 is 0 Å². The number of carbonyl (C=O) groups excluding carboxylic acids is 1. The summed E-state index contributed by atoms with van der Waals surface area (Å²) in [6.07, 6.45) is 7.91. The van der Waals surface area contributed by atoms with E-state index in [1.807, 2.05) is 26.0 Å². The zero-order chi connectivity index (χ0) is 19.1. The summed E-state index contributed by atoms with van der Waals surface area (Å²) in [5.74, 6) is 1.88. The van der Waals surface area contributed by atoms with Gasteiger partial charge >= 0.3 is 0 Å². The molecule has 0 radical (unpaired) electrons. The molecule has 1 aliphatic heterocycles. The molecule has 5 nitrogen and oxygen atoms in total. The molecule has 1 saturated carbocycles. The molecule has 3 rings (SSSR count). The van der Waals surface area contributed by atoms with Crippen LogP contribution in [0.1, 0.15) is 62.7 Å². The normalized spacial score (nSPS) is 19.2. The average molecular weight is 375 g/mol. The standard InChI is InChI=1S/C22H34N2O3/c1-3-26-20-10-9-18(15-21(20)27-4-2)22(25)23-16-17-11-13-24(14-12-17)19-7-5-6-8-19/h9-10,15,17,19H,3-8,11-14,16H2,1-2H3,(H,23,25). The fourth-order valence-corrected chi connectivity index (χ4v) is 4.32. The van der Waals surface area contributed by atoms with Crippen LogP contribution in [0.4, 0.5) is 0 Å². The van der Waals surface area contributed by atoms with E-state index in [1.165, 1.54) is 51.6 Å². The molecule has 1 aromatic rings. The van der Waals surface area contributed by atoms with Crippen LogP contribution in [0.15, 0.2) is 18.2 Å². The first kappa shape index (κ1) is 20.0. The number of ether oxygens (including phenoxy) is 2. The van der Waals surface area contributed by atoms with Crippen molar-refractivity contribution in [3.8, 4) is 11.5 Å². The van der Waals surface area contributed by atoms with Crippen molar-refractivity contribution in [1.82, 2.24) is 10.2 Å². The second-order valence-corrected chi connectivity index (χ2v) is 7.66. The van der Waals surface area contributed by atoms with E-state index >= 15 is 0 Å². The highest BCUT2D eigenvalue weighted by molar-refractivity contribution is 5.94. The lowest BCUT2D eigenvalue weighted by Gasteiger charge is -2.36. The van der Waals surface area contributed by atoms with Gasteiger partial charge in [-0.05, 0) is 76.7 Å².